The SMILES string of the molecule is CC1CC(NCC(F)F)CN(c2ccc(F)cc2)C1. The number of rotatable bonds is 4. The molecule has 0 aliphatic carbocycles. The van der Waals surface area contributed by atoms with E-state index in [0.717, 1.165) is 18.7 Å². The molecule has 1 aliphatic rings. The third kappa shape index (κ3) is 4.13. The van der Waals surface area contributed by atoms with Gasteiger partial charge < -0.3 is 10.2 Å². The van der Waals surface area contributed by atoms with Crippen molar-refractivity contribution >= 4 is 5.69 Å². The third-order valence-corrected chi connectivity index (χ3v) is 3.41. The molecule has 1 saturated heterocycles. The topological polar surface area (TPSA) is 15.3 Å². The first-order valence-corrected chi connectivity index (χ1v) is 6.56. The third-order valence-electron chi connectivity index (χ3n) is 3.41. The molecule has 106 valence electrons. The first kappa shape index (κ1) is 14.2. The summed E-state index contributed by atoms with van der Waals surface area (Å²) < 4.78 is 37.4. The lowest BCUT2D eigenvalue weighted by Gasteiger charge is -2.38. The van der Waals surface area contributed by atoms with Gasteiger partial charge in [0.15, 0.2) is 0 Å². The fourth-order valence-electron chi connectivity index (χ4n) is 2.62. The van der Waals surface area contributed by atoms with Crippen LogP contribution < -0.4 is 10.2 Å². The van der Waals surface area contributed by atoms with E-state index in [2.05, 4.69) is 17.1 Å². The number of benzene rings is 1. The summed E-state index contributed by atoms with van der Waals surface area (Å²) in [6, 6.07) is 6.38. The van der Waals surface area contributed by atoms with Gasteiger partial charge in [-0.05, 0) is 36.6 Å². The van der Waals surface area contributed by atoms with Crippen LogP contribution in [-0.4, -0.2) is 32.1 Å². The Kier molecular flexibility index (Phi) is 4.69. The van der Waals surface area contributed by atoms with Gasteiger partial charge in [-0.3, -0.25) is 0 Å². The highest BCUT2D eigenvalue weighted by Gasteiger charge is 2.25. The van der Waals surface area contributed by atoms with Gasteiger partial charge in [0, 0.05) is 24.8 Å². The van der Waals surface area contributed by atoms with Gasteiger partial charge in [-0.1, -0.05) is 6.92 Å². The molecule has 1 aromatic rings. The van der Waals surface area contributed by atoms with E-state index in [1.54, 1.807) is 12.1 Å². The van der Waals surface area contributed by atoms with Crippen LogP contribution >= 0.6 is 0 Å². The number of nitrogens with one attached hydrogen (secondary N) is 1. The molecule has 0 radical (unpaired) electrons. The number of halogens is 3. The average molecular weight is 272 g/mol. The van der Waals surface area contributed by atoms with Crippen molar-refractivity contribution < 1.29 is 13.2 Å². The van der Waals surface area contributed by atoms with Gasteiger partial charge in [-0.25, -0.2) is 13.2 Å². The predicted molar refractivity (Wildman–Crippen MR) is 70.2 cm³/mol. The molecular weight excluding hydrogens is 253 g/mol. The number of nitrogens with zero attached hydrogens (tertiary/aromatic N) is 1. The Balaban J connectivity index is 1.99. The molecule has 2 rings (SSSR count). The molecule has 1 aliphatic heterocycles. The van der Waals surface area contributed by atoms with E-state index in [1.807, 2.05) is 0 Å². The van der Waals surface area contributed by atoms with E-state index in [1.165, 1.54) is 12.1 Å². The molecule has 0 aromatic heterocycles. The maximum absolute atomic E-state index is 12.9. The standard InChI is InChI=1S/C14H19F3N2/c1-10-6-12(18-7-14(16)17)9-19(8-10)13-4-2-11(15)3-5-13/h2-5,10,12,14,18H,6-9H2,1H3. The van der Waals surface area contributed by atoms with Crippen LogP contribution in [0.2, 0.25) is 0 Å². The van der Waals surface area contributed by atoms with Gasteiger partial charge in [-0.2, -0.15) is 0 Å². The summed E-state index contributed by atoms with van der Waals surface area (Å²) in [7, 11) is 0. The second-order valence-electron chi connectivity index (χ2n) is 5.22. The lowest BCUT2D eigenvalue weighted by molar-refractivity contribution is 0.138. The van der Waals surface area contributed by atoms with Gasteiger partial charge in [-0.15, -0.1) is 0 Å². The summed E-state index contributed by atoms with van der Waals surface area (Å²) in [5.74, 6) is 0.162. The minimum atomic E-state index is -2.32. The van der Waals surface area contributed by atoms with Crippen molar-refractivity contribution in [2.24, 2.45) is 5.92 Å². The Morgan fingerprint density at radius 3 is 2.58 bits per heavy atom. The van der Waals surface area contributed by atoms with Crippen molar-refractivity contribution in [1.82, 2.24) is 5.32 Å². The summed E-state index contributed by atoms with van der Waals surface area (Å²) in [5.41, 5.74) is 0.941. The summed E-state index contributed by atoms with van der Waals surface area (Å²) in [6.07, 6.45) is -1.43. The lowest BCUT2D eigenvalue weighted by Crippen LogP contribution is -2.49. The molecule has 0 amide bonds. The average Bonchev–Trinajstić information content (AvgIpc) is 2.36. The maximum Gasteiger partial charge on any atom is 0.250 e. The number of alkyl halides is 2. The second kappa shape index (κ2) is 6.28. The Morgan fingerprint density at radius 1 is 1.26 bits per heavy atom. The summed E-state index contributed by atoms with van der Waals surface area (Å²) in [4.78, 5) is 2.12. The molecule has 0 saturated carbocycles. The Bertz CT molecular complexity index is 394. The van der Waals surface area contributed by atoms with Crippen molar-refractivity contribution in [2.45, 2.75) is 25.8 Å². The summed E-state index contributed by atoms with van der Waals surface area (Å²) in [6.45, 7) is 3.39. The van der Waals surface area contributed by atoms with Crippen LogP contribution in [0.3, 0.4) is 0 Å². The highest BCUT2D eigenvalue weighted by molar-refractivity contribution is 5.47. The normalized spacial score (nSPS) is 23.9. The van der Waals surface area contributed by atoms with Gasteiger partial charge in [0.05, 0.1) is 6.54 Å². The Hall–Kier alpha value is -1.23. The zero-order chi connectivity index (χ0) is 13.8. The maximum atomic E-state index is 12.9. The van der Waals surface area contributed by atoms with Crippen LogP contribution in [0.15, 0.2) is 24.3 Å². The molecule has 1 fully saturated rings. The van der Waals surface area contributed by atoms with E-state index < -0.39 is 6.43 Å². The van der Waals surface area contributed by atoms with Crippen LogP contribution in [0.4, 0.5) is 18.9 Å². The molecular formula is C14H19F3N2. The fraction of sp³-hybridized carbons (Fsp3) is 0.571. The minimum Gasteiger partial charge on any atom is -0.370 e. The first-order valence-electron chi connectivity index (χ1n) is 6.56. The molecule has 0 bridgehead atoms. The van der Waals surface area contributed by atoms with Crippen molar-refractivity contribution in [3.05, 3.63) is 30.1 Å². The molecule has 5 heteroatoms. The van der Waals surface area contributed by atoms with Crippen molar-refractivity contribution in [1.29, 1.82) is 0 Å². The highest BCUT2D eigenvalue weighted by atomic mass is 19.3. The molecule has 2 unspecified atom stereocenters. The van der Waals surface area contributed by atoms with Crippen LogP contribution in [-0.2, 0) is 0 Å². The molecule has 2 atom stereocenters. The van der Waals surface area contributed by atoms with Crippen LogP contribution in [0, 0.1) is 11.7 Å². The van der Waals surface area contributed by atoms with Crippen LogP contribution in [0.1, 0.15) is 13.3 Å². The molecule has 1 heterocycles. The summed E-state index contributed by atoms with van der Waals surface area (Å²) >= 11 is 0. The van der Waals surface area contributed by atoms with Crippen LogP contribution in [0.25, 0.3) is 0 Å². The second-order valence-corrected chi connectivity index (χ2v) is 5.22. The van der Waals surface area contributed by atoms with Gasteiger partial charge >= 0.3 is 0 Å². The van der Waals surface area contributed by atoms with Crippen LogP contribution in [0.5, 0.6) is 0 Å². The monoisotopic (exact) mass is 272 g/mol. The van der Waals surface area contributed by atoms with E-state index in [-0.39, 0.29) is 18.4 Å². The van der Waals surface area contributed by atoms with E-state index in [4.69, 9.17) is 0 Å². The fourth-order valence-corrected chi connectivity index (χ4v) is 2.62. The Morgan fingerprint density at radius 2 is 1.95 bits per heavy atom. The van der Waals surface area contributed by atoms with E-state index in [0.29, 0.717) is 12.5 Å². The number of anilines is 1. The molecule has 1 aromatic carbocycles. The first-order chi connectivity index (χ1) is 9.04. The lowest BCUT2D eigenvalue weighted by atomic mass is 9.95. The largest absolute Gasteiger partial charge is 0.370 e. The minimum absolute atomic E-state index is 0.0582. The van der Waals surface area contributed by atoms with Gasteiger partial charge in [0.25, 0.3) is 6.43 Å². The van der Waals surface area contributed by atoms with Gasteiger partial charge in [0.1, 0.15) is 5.82 Å². The van der Waals surface area contributed by atoms with Crippen molar-refractivity contribution in [2.75, 3.05) is 24.5 Å². The van der Waals surface area contributed by atoms with Crippen molar-refractivity contribution in [3.63, 3.8) is 0 Å². The Labute approximate surface area is 111 Å². The van der Waals surface area contributed by atoms with E-state index in [9.17, 15) is 13.2 Å². The molecule has 19 heavy (non-hydrogen) atoms. The molecule has 2 nitrogen and oxygen atoms in total. The zero-order valence-corrected chi connectivity index (χ0v) is 11.0. The molecule has 0 spiro atoms. The van der Waals surface area contributed by atoms with E-state index >= 15 is 0 Å². The quantitative estimate of drug-likeness (QED) is 0.906. The predicted octanol–water partition coefficient (Wildman–Crippen LogP) is 2.90. The number of hydrogen-bond acceptors (Lipinski definition) is 2. The van der Waals surface area contributed by atoms with Gasteiger partial charge in [0.2, 0.25) is 0 Å². The molecule has 1 N–H and O–H groups in total. The van der Waals surface area contributed by atoms with Crippen molar-refractivity contribution in [3.8, 4) is 0 Å². The summed E-state index contributed by atoms with van der Waals surface area (Å²) in [5, 5.41) is 2.90. The smallest absolute Gasteiger partial charge is 0.250 e. The highest BCUT2D eigenvalue weighted by Crippen LogP contribution is 2.23. The number of piperidine rings is 1. The zero-order valence-electron chi connectivity index (χ0n) is 11.0. The number of hydrogen-bond donors (Lipinski definition) is 1.